The van der Waals surface area contributed by atoms with E-state index in [1.807, 2.05) is 0 Å². The van der Waals surface area contributed by atoms with E-state index in [0.29, 0.717) is 18.8 Å². The zero-order valence-corrected chi connectivity index (χ0v) is 12.6. The van der Waals surface area contributed by atoms with Crippen molar-refractivity contribution < 1.29 is 8.42 Å². The van der Waals surface area contributed by atoms with Crippen LogP contribution in [0.25, 0.3) is 0 Å². The summed E-state index contributed by atoms with van der Waals surface area (Å²) < 4.78 is 25.9. The molecule has 5 nitrogen and oxygen atoms in total. The Labute approximate surface area is 117 Å². The van der Waals surface area contributed by atoms with Crippen LogP contribution in [0.4, 0.5) is 0 Å². The predicted octanol–water partition coefficient (Wildman–Crippen LogP) is 0.391. The van der Waals surface area contributed by atoms with Gasteiger partial charge in [-0.25, -0.2) is 8.42 Å². The summed E-state index contributed by atoms with van der Waals surface area (Å²) in [5.41, 5.74) is 0. The van der Waals surface area contributed by atoms with Gasteiger partial charge >= 0.3 is 0 Å². The lowest BCUT2D eigenvalue weighted by Gasteiger charge is -2.27. The summed E-state index contributed by atoms with van der Waals surface area (Å²) in [7, 11) is -3.01. The molecule has 0 saturated carbocycles. The molecule has 2 aliphatic heterocycles. The molecule has 0 bridgehead atoms. The molecule has 2 fully saturated rings. The van der Waals surface area contributed by atoms with E-state index in [1.54, 1.807) is 4.31 Å². The average molecular weight is 289 g/mol. The Hall–Kier alpha value is -0.170. The zero-order valence-electron chi connectivity index (χ0n) is 11.7. The third-order valence-corrected chi connectivity index (χ3v) is 6.15. The topological polar surface area (TPSA) is 61.4 Å². The lowest BCUT2D eigenvalue weighted by atomic mass is 9.93. The molecule has 0 aromatic heterocycles. The molecule has 2 rings (SSSR count). The predicted molar refractivity (Wildman–Crippen MR) is 77.7 cm³/mol. The van der Waals surface area contributed by atoms with Gasteiger partial charge in [0.15, 0.2) is 0 Å². The first kappa shape index (κ1) is 15.2. The molecular weight excluding hydrogens is 262 g/mol. The second-order valence-electron chi connectivity index (χ2n) is 5.65. The molecule has 2 heterocycles. The van der Waals surface area contributed by atoms with Gasteiger partial charge in [0.1, 0.15) is 0 Å². The van der Waals surface area contributed by atoms with E-state index in [0.717, 1.165) is 44.9 Å². The maximum atomic E-state index is 12.1. The number of nitrogens with zero attached hydrogens (tertiary/aromatic N) is 1. The van der Waals surface area contributed by atoms with E-state index in [9.17, 15) is 8.42 Å². The molecule has 19 heavy (non-hydrogen) atoms. The minimum absolute atomic E-state index is 0.331. The number of piperidine rings is 1. The van der Waals surface area contributed by atoms with Gasteiger partial charge in [0.2, 0.25) is 10.0 Å². The van der Waals surface area contributed by atoms with Crippen LogP contribution < -0.4 is 10.6 Å². The molecule has 0 amide bonds. The highest BCUT2D eigenvalue weighted by Gasteiger charge is 2.23. The summed E-state index contributed by atoms with van der Waals surface area (Å²) >= 11 is 0. The molecule has 6 heteroatoms. The van der Waals surface area contributed by atoms with Crippen molar-refractivity contribution in [3.05, 3.63) is 0 Å². The molecule has 112 valence electrons. The van der Waals surface area contributed by atoms with Gasteiger partial charge in [0, 0.05) is 26.2 Å². The van der Waals surface area contributed by atoms with Gasteiger partial charge in [0.25, 0.3) is 0 Å². The Kier molecular flexibility index (Phi) is 6.06. The average Bonchev–Trinajstić information content (AvgIpc) is 2.46. The van der Waals surface area contributed by atoms with Crippen LogP contribution in [0.5, 0.6) is 0 Å². The van der Waals surface area contributed by atoms with Crippen molar-refractivity contribution in [1.82, 2.24) is 14.9 Å². The highest BCUT2D eigenvalue weighted by atomic mass is 32.2. The van der Waals surface area contributed by atoms with Crippen LogP contribution in [-0.4, -0.2) is 57.7 Å². The Morgan fingerprint density at radius 3 is 2.26 bits per heavy atom. The standard InChI is InChI=1S/C13H27N3O2S/c17-19(18,16-10-8-15-9-11-16)12-2-1-3-13-4-6-14-7-5-13/h13-15H,1-12H2. The Morgan fingerprint density at radius 1 is 0.947 bits per heavy atom. The van der Waals surface area contributed by atoms with Crippen LogP contribution in [0.15, 0.2) is 0 Å². The minimum atomic E-state index is -3.01. The van der Waals surface area contributed by atoms with E-state index < -0.39 is 10.0 Å². The normalized spacial score (nSPS) is 23.6. The quantitative estimate of drug-likeness (QED) is 0.695. The molecule has 0 aromatic carbocycles. The van der Waals surface area contributed by atoms with Gasteiger partial charge in [-0.15, -0.1) is 0 Å². The van der Waals surface area contributed by atoms with Crippen LogP contribution in [0.1, 0.15) is 32.1 Å². The van der Waals surface area contributed by atoms with Crippen molar-refractivity contribution in [3.63, 3.8) is 0 Å². The summed E-state index contributed by atoms with van der Waals surface area (Å²) in [5, 5.41) is 6.55. The summed E-state index contributed by atoms with van der Waals surface area (Å²) in [6.45, 7) is 5.10. The van der Waals surface area contributed by atoms with Gasteiger partial charge in [-0.1, -0.05) is 12.8 Å². The second kappa shape index (κ2) is 7.57. The molecular formula is C13H27N3O2S. The fourth-order valence-corrected chi connectivity index (χ4v) is 4.51. The lowest BCUT2D eigenvalue weighted by molar-refractivity contribution is 0.343. The number of unbranched alkanes of at least 4 members (excludes halogenated alkanes) is 1. The largest absolute Gasteiger partial charge is 0.317 e. The highest BCUT2D eigenvalue weighted by molar-refractivity contribution is 7.89. The molecule has 2 saturated heterocycles. The number of hydrogen-bond acceptors (Lipinski definition) is 4. The van der Waals surface area contributed by atoms with Crippen LogP contribution >= 0.6 is 0 Å². The third kappa shape index (κ3) is 5.02. The maximum absolute atomic E-state index is 12.1. The van der Waals surface area contributed by atoms with E-state index >= 15 is 0 Å². The first-order valence-corrected chi connectivity index (χ1v) is 9.19. The highest BCUT2D eigenvalue weighted by Crippen LogP contribution is 2.19. The van der Waals surface area contributed by atoms with Crippen molar-refractivity contribution in [2.45, 2.75) is 32.1 Å². The molecule has 0 aliphatic carbocycles. The molecule has 0 unspecified atom stereocenters. The van der Waals surface area contributed by atoms with Gasteiger partial charge in [0.05, 0.1) is 5.75 Å². The number of rotatable bonds is 6. The Bertz CT molecular complexity index is 347. The van der Waals surface area contributed by atoms with E-state index in [4.69, 9.17) is 0 Å². The van der Waals surface area contributed by atoms with E-state index in [2.05, 4.69) is 10.6 Å². The Balaban J connectivity index is 1.63. The van der Waals surface area contributed by atoms with Gasteiger partial charge in [-0.3, -0.25) is 0 Å². The first-order chi connectivity index (χ1) is 9.18. The maximum Gasteiger partial charge on any atom is 0.214 e. The van der Waals surface area contributed by atoms with Crippen molar-refractivity contribution >= 4 is 10.0 Å². The zero-order chi connectivity index (χ0) is 13.6. The molecule has 2 aliphatic rings. The fourth-order valence-electron chi connectivity index (χ4n) is 2.94. The van der Waals surface area contributed by atoms with Crippen LogP contribution in [0.2, 0.25) is 0 Å². The second-order valence-corrected chi connectivity index (χ2v) is 7.74. The monoisotopic (exact) mass is 289 g/mol. The smallest absolute Gasteiger partial charge is 0.214 e. The van der Waals surface area contributed by atoms with Crippen LogP contribution in [0.3, 0.4) is 0 Å². The molecule has 0 spiro atoms. The van der Waals surface area contributed by atoms with Crippen molar-refractivity contribution in [2.24, 2.45) is 5.92 Å². The van der Waals surface area contributed by atoms with E-state index in [-0.39, 0.29) is 0 Å². The van der Waals surface area contributed by atoms with Crippen molar-refractivity contribution in [2.75, 3.05) is 45.0 Å². The first-order valence-electron chi connectivity index (χ1n) is 7.58. The molecule has 0 aromatic rings. The van der Waals surface area contributed by atoms with Crippen LogP contribution in [0, 0.1) is 5.92 Å². The van der Waals surface area contributed by atoms with Crippen LogP contribution in [-0.2, 0) is 10.0 Å². The number of piperazine rings is 1. The Morgan fingerprint density at radius 2 is 1.58 bits per heavy atom. The summed E-state index contributed by atoms with van der Waals surface area (Å²) in [6.07, 6.45) is 5.57. The summed E-state index contributed by atoms with van der Waals surface area (Å²) in [4.78, 5) is 0. The fraction of sp³-hybridized carbons (Fsp3) is 1.00. The van der Waals surface area contributed by atoms with Gasteiger partial charge in [-0.05, 0) is 38.3 Å². The van der Waals surface area contributed by atoms with Crippen molar-refractivity contribution in [1.29, 1.82) is 0 Å². The lowest BCUT2D eigenvalue weighted by Crippen LogP contribution is -2.47. The molecule has 0 atom stereocenters. The SMILES string of the molecule is O=S(=O)(CCCCC1CCNCC1)N1CCNCC1. The molecule has 2 N–H and O–H groups in total. The van der Waals surface area contributed by atoms with Gasteiger partial charge < -0.3 is 10.6 Å². The summed E-state index contributed by atoms with van der Waals surface area (Å²) in [6, 6.07) is 0. The van der Waals surface area contributed by atoms with E-state index in [1.165, 1.54) is 19.3 Å². The third-order valence-electron chi connectivity index (χ3n) is 4.19. The van der Waals surface area contributed by atoms with Crippen molar-refractivity contribution in [3.8, 4) is 0 Å². The molecule has 0 radical (unpaired) electrons. The summed E-state index contributed by atoms with van der Waals surface area (Å²) in [5.74, 6) is 1.14. The minimum Gasteiger partial charge on any atom is -0.317 e. The number of nitrogens with one attached hydrogen (secondary N) is 2. The van der Waals surface area contributed by atoms with Gasteiger partial charge in [-0.2, -0.15) is 4.31 Å². The number of hydrogen-bond donors (Lipinski definition) is 2. The number of sulfonamides is 1.